The van der Waals surface area contributed by atoms with Gasteiger partial charge in [0.2, 0.25) is 0 Å². The molecule has 0 saturated carbocycles. The first-order valence-corrected chi connectivity index (χ1v) is 7.06. The summed E-state index contributed by atoms with van der Waals surface area (Å²) in [6.07, 6.45) is 1.66. The van der Waals surface area contributed by atoms with Crippen molar-refractivity contribution in [3.8, 4) is 5.75 Å². The molecule has 0 amide bonds. The Kier molecular flexibility index (Phi) is 3.84. The van der Waals surface area contributed by atoms with Crippen LogP contribution in [0, 0.1) is 0 Å². The minimum absolute atomic E-state index is 0.127. The van der Waals surface area contributed by atoms with Crippen molar-refractivity contribution < 1.29 is 4.74 Å². The predicted molar refractivity (Wildman–Crippen MR) is 85.2 cm³/mol. The summed E-state index contributed by atoms with van der Waals surface area (Å²) in [4.78, 5) is 4.34. The molecule has 0 bridgehead atoms. The maximum Gasteiger partial charge on any atom is 0.129 e. The number of ether oxygens (including phenoxy) is 1. The van der Waals surface area contributed by atoms with Crippen molar-refractivity contribution in [1.29, 1.82) is 0 Å². The lowest BCUT2D eigenvalue weighted by Crippen LogP contribution is -2.28. The van der Waals surface area contributed by atoms with Crippen LogP contribution in [0.5, 0.6) is 5.75 Å². The molecule has 21 heavy (non-hydrogen) atoms. The minimum atomic E-state index is -0.168. The van der Waals surface area contributed by atoms with Gasteiger partial charge in [-0.3, -0.25) is 4.98 Å². The van der Waals surface area contributed by atoms with Gasteiger partial charge in [-0.25, -0.2) is 0 Å². The minimum Gasteiger partial charge on any atom is -0.488 e. The number of aromatic nitrogens is 1. The quantitative estimate of drug-likeness (QED) is 0.791. The van der Waals surface area contributed by atoms with Gasteiger partial charge < -0.3 is 10.5 Å². The molecule has 1 aromatic heterocycles. The first-order chi connectivity index (χ1) is 10.3. The molecule has 0 saturated heterocycles. The standard InChI is InChI=1S/C18H18N2O/c1-13(18(19)14-7-3-2-4-8-14)21-17-11-5-10-16-15(17)9-6-12-20-16/h2-13,18H,19H2,1H3. The third kappa shape index (κ3) is 2.88. The fraction of sp³-hybridized carbons (Fsp3) is 0.167. The normalized spacial score (nSPS) is 13.8. The van der Waals surface area contributed by atoms with E-state index < -0.39 is 0 Å². The lowest BCUT2D eigenvalue weighted by molar-refractivity contribution is 0.193. The molecule has 0 aliphatic heterocycles. The molecule has 2 N–H and O–H groups in total. The third-order valence-electron chi connectivity index (χ3n) is 3.61. The summed E-state index contributed by atoms with van der Waals surface area (Å²) in [5.74, 6) is 0.819. The second-order valence-electron chi connectivity index (χ2n) is 5.09. The van der Waals surface area contributed by atoms with Crippen LogP contribution in [0.4, 0.5) is 0 Å². The summed E-state index contributed by atoms with van der Waals surface area (Å²) in [5.41, 5.74) is 8.29. The van der Waals surface area contributed by atoms with Crippen LogP contribution in [-0.2, 0) is 0 Å². The zero-order chi connectivity index (χ0) is 14.7. The molecule has 1 heterocycles. The van der Waals surface area contributed by atoms with Crippen molar-refractivity contribution in [3.05, 3.63) is 72.4 Å². The highest BCUT2D eigenvalue weighted by molar-refractivity contribution is 5.84. The Morgan fingerprint density at radius 2 is 1.76 bits per heavy atom. The van der Waals surface area contributed by atoms with E-state index in [1.165, 1.54) is 0 Å². The molecule has 2 aromatic carbocycles. The maximum atomic E-state index is 6.29. The molecule has 0 fully saturated rings. The second kappa shape index (κ2) is 5.94. The Hall–Kier alpha value is -2.39. The Morgan fingerprint density at radius 1 is 0.952 bits per heavy atom. The number of fused-ring (bicyclic) bond motifs is 1. The topological polar surface area (TPSA) is 48.1 Å². The highest BCUT2D eigenvalue weighted by atomic mass is 16.5. The Balaban J connectivity index is 1.85. The summed E-state index contributed by atoms with van der Waals surface area (Å²) in [6, 6.07) is 19.7. The fourth-order valence-corrected chi connectivity index (χ4v) is 2.40. The largest absolute Gasteiger partial charge is 0.488 e. The first kappa shape index (κ1) is 13.6. The van der Waals surface area contributed by atoms with Crippen LogP contribution in [0.2, 0.25) is 0 Å². The van der Waals surface area contributed by atoms with E-state index in [1.54, 1.807) is 6.20 Å². The van der Waals surface area contributed by atoms with Gasteiger partial charge in [-0.15, -0.1) is 0 Å². The summed E-state index contributed by atoms with van der Waals surface area (Å²) in [7, 11) is 0. The molecule has 0 spiro atoms. The van der Waals surface area contributed by atoms with Crippen molar-refractivity contribution >= 4 is 10.9 Å². The monoisotopic (exact) mass is 278 g/mol. The van der Waals surface area contributed by atoms with Gasteiger partial charge in [-0.2, -0.15) is 0 Å². The Morgan fingerprint density at radius 3 is 2.57 bits per heavy atom. The number of nitrogens with zero attached hydrogens (tertiary/aromatic N) is 1. The van der Waals surface area contributed by atoms with Gasteiger partial charge in [0.25, 0.3) is 0 Å². The molecule has 0 aliphatic rings. The van der Waals surface area contributed by atoms with Gasteiger partial charge in [0, 0.05) is 11.6 Å². The summed E-state index contributed by atoms with van der Waals surface area (Å²) in [5, 5.41) is 1.01. The molecular weight excluding hydrogens is 260 g/mol. The SMILES string of the molecule is CC(Oc1cccc2ncccc12)C(N)c1ccccc1. The smallest absolute Gasteiger partial charge is 0.129 e. The molecule has 3 aromatic rings. The van der Waals surface area contributed by atoms with Crippen LogP contribution in [0.15, 0.2) is 66.9 Å². The van der Waals surface area contributed by atoms with Crippen LogP contribution in [0.25, 0.3) is 10.9 Å². The van der Waals surface area contributed by atoms with E-state index in [-0.39, 0.29) is 12.1 Å². The van der Waals surface area contributed by atoms with Gasteiger partial charge in [-0.1, -0.05) is 36.4 Å². The zero-order valence-corrected chi connectivity index (χ0v) is 11.9. The molecule has 0 radical (unpaired) electrons. The van der Waals surface area contributed by atoms with E-state index in [2.05, 4.69) is 4.98 Å². The maximum absolute atomic E-state index is 6.29. The van der Waals surface area contributed by atoms with Crippen LogP contribution < -0.4 is 10.5 Å². The lowest BCUT2D eigenvalue weighted by Gasteiger charge is -2.22. The van der Waals surface area contributed by atoms with Crippen molar-refractivity contribution in [2.45, 2.75) is 19.1 Å². The van der Waals surface area contributed by atoms with Crippen LogP contribution in [0.3, 0.4) is 0 Å². The van der Waals surface area contributed by atoms with Crippen molar-refractivity contribution in [3.63, 3.8) is 0 Å². The van der Waals surface area contributed by atoms with E-state index in [0.717, 1.165) is 22.2 Å². The third-order valence-corrected chi connectivity index (χ3v) is 3.61. The van der Waals surface area contributed by atoms with E-state index in [9.17, 15) is 0 Å². The van der Waals surface area contributed by atoms with E-state index in [0.29, 0.717) is 0 Å². The molecule has 0 aliphatic carbocycles. The number of pyridine rings is 1. The lowest BCUT2D eigenvalue weighted by atomic mass is 10.0. The zero-order valence-electron chi connectivity index (χ0n) is 11.9. The van der Waals surface area contributed by atoms with Gasteiger partial charge >= 0.3 is 0 Å². The highest BCUT2D eigenvalue weighted by Crippen LogP contribution is 2.27. The highest BCUT2D eigenvalue weighted by Gasteiger charge is 2.17. The van der Waals surface area contributed by atoms with E-state index in [1.807, 2.05) is 67.6 Å². The van der Waals surface area contributed by atoms with Crippen LogP contribution in [-0.4, -0.2) is 11.1 Å². The van der Waals surface area contributed by atoms with Gasteiger partial charge in [0.1, 0.15) is 11.9 Å². The number of nitrogens with two attached hydrogens (primary N) is 1. The summed E-state index contributed by atoms with van der Waals surface area (Å²) >= 11 is 0. The molecule has 2 atom stereocenters. The van der Waals surface area contributed by atoms with Crippen molar-refractivity contribution in [1.82, 2.24) is 4.98 Å². The van der Waals surface area contributed by atoms with Crippen molar-refractivity contribution in [2.75, 3.05) is 0 Å². The molecular formula is C18H18N2O. The number of rotatable bonds is 4. The number of hydrogen-bond donors (Lipinski definition) is 1. The van der Waals surface area contributed by atoms with Crippen molar-refractivity contribution in [2.24, 2.45) is 5.73 Å². The molecule has 106 valence electrons. The average molecular weight is 278 g/mol. The Labute approximate surface area is 124 Å². The molecule has 3 nitrogen and oxygen atoms in total. The first-order valence-electron chi connectivity index (χ1n) is 7.06. The van der Waals surface area contributed by atoms with E-state index in [4.69, 9.17) is 10.5 Å². The average Bonchev–Trinajstić information content (AvgIpc) is 2.55. The fourth-order valence-electron chi connectivity index (χ4n) is 2.40. The molecule has 3 rings (SSSR count). The predicted octanol–water partition coefficient (Wildman–Crippen LogP) is 3.70. The van der Waals surface area contributed by atoms with Gasteiger partial charge in [0.05, 0.1) is 11.6 Å². The Bertz CT molecular complexity index is 722. The second-order valence-corrected chi connectivity index (χ2v) is 5.09. The molecule has 2 unspecified atom stereocenters. The summed E-state index contributed by atoms with van der Waals surface area (Å²) in [6.45, 7) is 1.99. The van der Waals surface area contributed by atoms with Gasteiger partial charge in [-0.05, 0) is 36.8 Å². The van der Waals surface area contributed by atoms with Gasteiger partial charge in [0.15, 0.2) is 0 Å². The van der Waals surface area contributed by atoms with Crippen LogP contribution >= 0.6 is 0 Å². The summed E-state index contributed by atoms with van der Waals surface area (Å²) < 4.78 is 6.08. The number of benzene rings is 2. The van der Waals surface area contributed by atoms with Crippen LogP contribution in [0.1, 0.15) is 18.5 Å². The molecule has 3 heteroatoms. The van der Waals surface area contributed by atoms with E-state index >= 15 is 0 Å². The number of hydrogen-bond acceptors (Lipinski definition) is 3.